The predicted octanol–water partition coefficient (Wildman–Crippen LogP) is 3.30. The number of rotatable bonds is 3. The summed E-state index contributed by atoms with van der Waals surface area (Å²) < 4.78 is 6.71. The Labute approximate surface area is 119 Å². The maximum absolute atomic E-state index is 11.5. The first kappa shape index (κ1) is 13.5. The molecule has 0 saturated heterocycles. The van der Waals surface area contributed by atoms with Gasteiger partial charge in [0, 0.05) is 23.8 Å². The Morgan fingerprint density at radius 3 is 2.84 bits per heavy atom. The van der Waals surface area contributed by atoms with Crippen molar-refractivity contribution < 1.29 is 9.53 Å². The number of aromatic nitrogens is 1. The monoisotopic (exact) mass is 320 g/mol. The number of halogens is 1. The highest BCUT2D eigenvalue weighted by Gasteiger charge is 2.08. The van der Waals surface area contributed by atoms with Gasteiger partial charge >= 0.3 is 0 Å². The van der Waals surface area contributed by atoms with Crippen molar-refractivity contribution in [2.45, 2.75) is 6.92 Å². The number of hydrogen-bond donors (Lipinski definition) is 1. The van der Waals surface area contributed by atoms with Crippen LogP contribution < -0.4 is 10.1 Å². The van der Waals surface area contributed by atoms with Crippen molar-refractivity contribution in [1.82, 2.24) is 10.3 Å². The molecule has 19 heavy (non-hydrogen) atoms. The van der Waals surface area contributed by atoms with E-state index in [1.54, 1.807) is 25.4 Å². The van der Waals surface area contributed by atoms with E-state index < -0.39 is 0 Å². The van der Waals surface area contributed by atoms with Crippen LogP contribution in [0.2, 0.25) is 0 Å². The summed E-state index contributed by atoms with van der Waals surface area (Å²) in [5.41, 5.74) is 1.34. The molecular weight excluding hydrogens is 308 g/mol. The molecule has 1 heterocycles. The van der Waals surface area contributed by atoms with Crippen LogP contribution in [-0.2, 0) is 0 Å². The predicted molar refractivity (Wildman–Crippen MR) is 76.6 cm³/mol. The van der Waals surface area contributed by atoms with Gasteiger partial charge in [0.2, 0.25) is 0 Å². The number of pyridine rings is 1. The number of benzene rings is 1. The van der Waals surface area contributed by atoms with Gasteiger partial charge in [-0.1, -0.05) is 22.0 Å². The highest BCUT2D eigenvalue weighted by atomic mass is 79.9. The van der Waals surface area contributed by atoms with Gasteiger partial charge in [-0.25, -0.2) is 0 Å². The number of aryl methyl sites for hydroxylation is 1. The summed E-state index contributed by atoms with van der Waals surface area (Å²) in [5, 5.41) is 2.53. The normalized spacial score (nSPS) is 10.1. The van der Waals surface area contributed by atoms with Gasteiger partial charge in [0.25, 0.3) is 5.91 Å². The van der Waals surface area contributed by atoms with Crippen molar-refractivity contribution in [3.8, 4) is 11.5 Å². The second-order valence-electron chi connectivity index (χ2n) is 3.97. The first-order chi connectivity index (χ1) is 9.10. The molecule has 4 nitrogen and oxygen atoms in total. The third-order valence-corrected chi connectivity index (χ3v) is 3.06. The molecule has 0 unspecified atom stereocenters. The first-order valence-corrected chi connectivity index (χ1v) is 6.51. The zero-order chi connectivity index (χ0) is 13.8. The van der Waals surface area contributed by atoms with E-state index in [2.05, 4.69) is 26.2 Å². The number of hydrogen-bond acceptors (Lipinski definition) is 3. The second-order valence-corrected chi connectivity index (χ2v) is 4.88. The number of ether oxygens (including phenoxy) is 1. The molecule has 0 aliphatic carbocycles. The molecular formula is C14H13BrN2O2. The van der Waals surface area contributed by atoms with Crippen molar-refractivity contribution in [1.29, 1.82) is 0 Å². The lowest BCUT2D eigenvalue weighted by Gasteiger charge is -2.09. The van der Waals surface area contributed by atoms with Crippen molar-refractivity contribution in [2.75, 3.05) is 7.05 Å². The fraction of sp³-hybridized carbons (Fsp3) is 0.143. The minimum atomic E-state index is -0.239. The Morgan fingerprint density at radius 1 is 1.32 bits per heavy atom. The lowest BCUT2D eigenvalue weighted by atomic mass is 10.2. The average molecular weight is 321 g/mol. The summed E-state index contributed by atoms with van der Waals surface area (Å²) in [6.07, 6.45) is 1.55. The van der Waals surface area contributed by atoms with Crippen LogP contribution in [0.3, 0.4) is 0 Å². The maximum Gasteiger partial charge on any atom is 0.269 e. The molecule has 0 radical (unpaired) electrons. The van der Waals surface area contributed by atoms with Crippen LogP contribution in [0, 0.1) is 6.92 Å². The molecule has 1 N–H and O–H groups in total. The summed E-state index contributed by atoms with van der Waals surface area (Å²) in [5.74, 6) is 1.08. The van der Waals surface area contributed by atoms with Crippen molar-refractivity contribution in [2.24, 2.45) is 0 Å². The fourth-order valence-electron chi connectivity index (χ4n) is 1.54. The summed E-state index contributed by atoms with van der Waals surface area (Å²) >= 11 is 3.40. The number of nitrogens with zero attached hydrogens (tertiary/aromatic N) is 1. The van der Waals surface area contributed by atoms with Gasteiger partial charge in [0.1, 0.15) is 17.2 Å². The van der Waals surface area contributed by atoms with E-state index in [1.165, 1.54) is 0 Å². The van der Waals surface area contributed by atoms with Gasteiger partial charge in [-0.15, -0.1) is 0 Å². The van der Waals surface area contributed by atoms with E-state index >= 15 is 0 Å². The molecule has 0 spiro atoms. The van der Waals surface area contributed by atoms with Crippen LogP contribution >= 0.6 is 15.9 Å². The van der Waals surface area contributed by atoms with E-state index in [0.29, 0.717) is 11.4 Å². The number of nitrogens with one attached hydrogen (secondary N) is 1. The van der Waals surface area contributed by atoms with Gasteiger partial charge in [-0.05, 0) is 30.7 Å². The van der Waals surface area contributed by atoms with Crippen LogP contribution in [-0.4, -0.2) is 17.9 Å². The highest BCUT2D eigenvalue weighted by molar-refractivity contribution is 9.10. The Morgan fingerprint density at radius 2 is 2.11 bits per heavy atom. The third-order valence-electron chi connectivity index (χ3n) is 2.57. The summed E-state index contributed by atoms with van der Waals surface area (Å²) in [6.45, 7) is 1.96. The minimum Gasteiger partial charge on any atom is -0.457 e. The van der Waals surface area contributed by atoms with Crippen LogP contribution in [0.15, 0.2) is 41.0 Å². The average Bonchev–Trinajstić information content (AvgIpc) is 2.42. The number of amides is 1. The zero-order valence-electron chi connectivity index (χ0n) is 10.6. The molecule has 1 amide bonds. The quantitative estimate of drug-likeness (QED) is 0.944. The molecule has 0 aliphatic rings. The van der Waals surface area contributed by atoms with Gasteiger partial charge in [0.05, 0.1) is 0 Å². The Kier molecular flexibility index (Phi) is 4.16. The molecule has 0 saturated carbocycles. The van der Waals surface area contributed by atoms with Gasteiger partial charge in [-0.2, -0.15) is 0 Å². The standard InChI is InChI=1S/C14H13BrN2O2/c1-9-3-4-10(15)7-13(9)19-11-5-6-17-12(8-11)14(18)16-2/h3-8H,1-2H3,(H,16,18). The van der Waals surface area contributed by atoms with E-state index in [9.17, 15) is 4.79 Å². The summed E-state index contributed by atoms with van der Waals surface area (Å²) in [7, 11) is 1.57. The second kappa shape index (κ2) is 5.84. The lowest BCUT2D eigenvalue weighted by molar-refractivity contribution is 0.0958. The maximum atomic E-state index is 11.5. The molecule has 98 valence electrons. The zero-order valence-corrected chi connectivity index (χ0v) is 12.2. The van der Waals surface area contributed by atoms with Gasteiger partial charge in [-0.3, -0.25) is 9.78 Å². The lowest BCUT2D eigenvalue weighted by Crippen LogP contribution is -2.18. The van der Waals surface area contributed by atoms with Crippen LogP contribution in [0.25, 0.3) is 0 Å². The van der Waals surface area contributed by atoms with E-state index in [1.807, 2.05) is 25.1 Å². The minimum absolute atomic E-state index is 0.239. The van der Waals surface area contributed by atoms with E-state index in [-0.39, 0.29) is 5.91 Å². The molecule has 1 aromatic carbocycles. The molecule has 2 rings (SSSR count). The Hall–Kier alpha value is -1.88. The molecule has 0 bridgehead atoms. The van der Waals surface area contributed by atoms with Crippen molar-refractivity contribution >= 4 is 21.8 Å². The number of carbonyl (C=O) groups is 1. The first-order valence-electron chi connectivity index (χ1n) is 5.72. The third kappa shape index (κ3) is 3.32. The molecule has 0 aliphatic heterocycles. The topological polar surface area (TPSA) is 51.2 Å². The molecule has 0 atom stereocenters. The summed E-state index contributed by atoms with van der Waals surface area (Å²) in [4.78, 5) is 15.5. The molecule has 2 aromatic rings. The Bertz CT molecular complexity index is 614. The van der Waals surface area contributed by atoms with Crippen molar-refractivity contribution in [3.05, 3.63) is 52.3 Å². The van der Waals surface area contributed by atoms with Gasteiger partial charge < -0.3 is 10.1 Å². The summed E-state index contributed by atoms with van der Waals surface area (Å²) in [6, 6.07) is 9.12. The number of carbonyl (C=O) groups excluding carboxylic acids is 1. The Balaban J connectivity index is 2.28. The highest BCUT2D eigenvalue weighted by Crippen LogP contribution is 2.28. The molecule has 0 fully saturated rings. The van der Waals surface area contributed by atoms with Gasteiger partial charge in [0.15, 0.2) is 0 Å². The van der Waals surface area contributed by atoms with Crippen LogP contribution in [0.1, 0.15) is 16.1 Å². The van der Waals surface area contributed by atoms with Crippen LogP contribution in [0.5, 0.6) is 11.5 Å². The van der Waals surface area contributed by atoms with E-state index in [4.69, 9.17) is 4.74 Å². The van der Waals surface area contributed by atoms with Crippen LogP contribution in [0.4, 0.5) is 0 Å². The molecule has 1 aromatic heterocycles. The van der Waals surface area contributed by atoms with Crippen molar-refractivity contribution in [3.63, 3.8) is 0 Å². The smallest absolute Gasteiger partial charge is 0.269 e. The fourth-order valence-corrected chi connectivity index (χ4v) is 1.88. The largest absolute Gasteiger partial charge is 0.457 e. The van der Waals surface area contributed by atoms with E-state index in [0.717, 1.165) is 15.8 Å². The SMILES string of the molecule is CNC(=O)c1cc(Oc2cc(Br)ccc2C)ccn1. The molecule has 5 heteroatoms.